The number of anilines is 1. The lowest BCUT2D eigenvalue weighted by Crippen LogP contribution is -2.18. The van der Waals surface area contributed by atoms with Crippen LogP contribution in [-0.4, -0.2) is 25.5 Å². The Kier molecular flexibility index (Phi) is 3.89. The standard InChI is InChI=1S/C18H15ClN4O2/c19-17-13(5-3-8-20-17)21-16(25)10-11-15(24)7-9-23-14-6-2-1-4-12(14)22-18(11)23/h1-6,8,24H,7,9-10H2,(H,21,25). The highest BCUT2D eigenvalue weighted by atomic mass is 35.5. The monoisotopic (exact) mass is 354 g/mol. The van der Waals surface area contributed by atoms with Crippen LogP contribution in [-0.2, 0) is 11.3 Å². The summed E-state index contributed by atoms with van der Waals surface area (Å²) in [5.41, 5.74) is 2.83. The van der Waals surface area contributed by atoms with Gasteiger partial charge in [-0.25, -0.2) is 9.97 Å². The van der Waals surface area contributed by atoms with E-state index in [-0.39, 0.29) is 23.2 Å². The fourth-order valence-electron chi connectivity index (χ4n) is 3.05. The van der Waals surface area contributed by atoms with E-state index in [0.29, 0.717) is 30.1 Å². The predicted molar refractivity (Wildman–Crippen MR) is 96.4 cm³/mol. The third-order valence-electron chi connectivity index (χ3n) is 4.22. The Hall–Kier alpha value is -2.86. The number of fused-ring (bicyclic) bond motifs is 3. The second-order valence-corrected chi connectivity index (χ2v) is 6.18. The molecule has 2 N–H and O–H groups in total. The van der Waals surface area contributed by atoms with Crippen molar-refractivity contribution in [1.82, 2.24) is 14.5 Å². The molecule has 0 aliphatic carbocycles. The molecule has 25 heavy (non-hydrogen) atoms. The number of pyridine rings is 1. The molecule has 1 amide bonds. The molecule has 126 valence electrons. The molecule has 3 heterocycles. The fraction of sp³-hybridized carbons (Fsp3) is 0.167. The molecule has 1 aliphatic heterocycles. The van der Waals surface area contributed by atoms with Gasteiger partial charge in [0, 0.05) is 24.7 Å². The molecule has 6 nitrogen and oxygen atoms in total. The molecule has 0 fully saturated rings. The molecule has 7 heteroatoms. The van der Waals surface area contributed by atoms with Crippen molar-refractivity contribution in [2.45, 2.75) is 19.4 Å². The normalized spacial score (nSPS) is 13.8. The second-order valence-electron chi connectivity index (χ2n) is 5.82. The first kappa shape index (κ1) is 15.7. The van der Waals surface area contributed by atoms with Crippen molar-refractivity contribution in [3.8, 4) is 0 Å². The van der Waals surface area contributed by atoms with E-state index in [4.69, 9.17) is 11.6 Å². The minimum Gasteiger partial charge on any atom is -0.512 e. The van der Waals surface area contributed by atoms with Gasteiger partial charge in [-0.15, -0.1) is 0 Å². The molecule has 0 atom stereocenters. The zero-order valence-electron chi connectivity index (χ0n) is 13.2. The van der Waals surface area contributed by atoms with Gasteiger partial charge < -0.3 is 15.0 Å². The predicted octanol–water partition coefficient (Wildman–Crippen LogP) is 3.79. The number of nitrogens with zero attached hydrogens (tertiary/aromatic N) is 3. The van der Waals surface area contributed by atoms with Crippen molar-refractivity contribution in [2.75, 3.05) is 5.32 Å². The van der Waals surface area contributed by atoms with Crippen LogP contribution in [0.3, 0.4) is 0 Å². The van der Waals surface area contributed by atoms with Crippen molar-refractivity contribution >= 4 is 39.8 Å². The second kappa shape index (κ2) is 6.22. The van der Waals surface area contributed by atoms with Crippen LogP contribution in [0.4, 0.5) is 5.69 Å². The minimum absolute atomic E-state index is 0.0143. The highest BCUT2D eigenvalue weighted by Gasteiger charge is 2.24. The molecule has 3 aromatic rings. The summed E-state index contributed by atoms with van der Waals surface area (Å²) in [6.45, 7) is 0.640. The Morgan fingerprint density at radius 2 is 2.12 bits per heavy atom. The largest absolute Gasteiger partial charge is 0.512 e. The zero-order valence-corrected chi connectivity index (χ0v) is 14.0. The number of aryl methyl sites for hydroxylation is 1. The number of aliphatic hydroxyl groups is 1. The van der Waals surface area contributed by atoms with Crippen LogP contribution >= 0.6 is 11.6 Å². The lowest BCUT2D eigenvalue weighted by atomic mass is 10.0. The van der Waals surface area contributed by atoms with Gasteiger partial charge in [0.1, 0.15) is 11.6 Å². The molecule has 2 aromatic heterocycles. The number of benzene rings is 1. The number of aromatic nitrogens is 3. The van der Waals surface area contributed by atoms with Gasteiger partial charge in [0.25, 0.3) is 0 Å². The topological polar surface area (TPSA) is 80.0 Å². The van der Waals surface area contributed by atoms with Crippen LogP contribution < -0.4 is 5.32 Å². The van der Waals surface area contributed by atoms with Crippen LogP contribution in [0.1, 0.15) is 18.7 Å². The first-order valence-corrected chi connectivity index (χ1v) is 8.28. The molecule has 1 aromatic carbocycles. The Morgan fingerprint density at radius 3 is 2.96 bits per heavy atom. The average Bonchev–Trinajstić information content (AvgIpc) is 2.98. The van der Waals surface area contributed by atoms with Crippen LogP contribution in [0.25, 0.3) is 16.6 Å². The lowest BCUT2D eigenvalue weighted by Gasteiger charge is -2.19. The molecule has 0 saturated heterocycles. The molecule has 0 radical (unpaired) electrons. The van der Waals surface area contributed by atoms with Gasteiger partial charge in [-0.2, -0.15) is 0 Å². The van der Waals surface area contributed by atoms with Gasteiger partial charge in [-0.3, -0.25) is 4.79 Å². The van der Waals surface area contributed by atoms with Gasteiger partial charge in [0.15, 0.2) is 5.15 Å². The van der Waals surface area contributed by atoms with Crippen LogP contribution in [0, 0.1) is 0 Å². The third-order valence-corrected chi connectivity index (χ3v) is 4.52. The van der Waals surface area contributed by atoms with E-state index in [1.807, 2.05) is 28.8 Å². The maximum absolute atomic E-state index is 12.4. The Balaban J connectivity index is 1.64. The van der Waals surface area contributed by atoms with Gasteiger partial charge >= 0.3 is 0 Å². The van der Waals surface area contributed by atoms with Crippen molar-refractivity contribution in [3.63, 3.8) is 0 Å². The molecule has 0 spiro atoms. The first-order valence-electron chi connectivity index (χ1n) is 7.90. The molecule has 0 saturated carbocycles. The summed E-state index contributed by atoms with van der Waals surface area (Å²) in [5, 5.41) is 13.3. The highest BCUT2D eigenvalue weighted by molar-refractivity contribution is 6.32. The van der Waals surface area contributed by atoms with Gasteiger partial charge in [0.2, 0.25) is 5.91 Å². The van der Waals surface area contributed by atoms with E-state index in [1.54, 1.807) is 18.3 Å². The molecular weight excluding hydrogens is 340 g/mol. The smallest absolute Gasteiger partial charge is 0.229 e. The third kappa shape index (κ3) is 2.85. The van der Waals surface area contributed by atoms with Crippen molar-refractivity contribution in [3.05, 3.63) is 59.3 Å². The highest BCUT2D eigenvalue weighted by Crippen LogP contribution is 2.31. The Bertz CT molecular complexity index is 1010. The minimum atomic E-state index is -0.281. The van der Waals surface area contributed by atoms with Crippen molar-refractivity contribution < 1.29 is 9.90 Å². The number of rotatable bonds is 3. The summed E-state index contributed by atoms with van der Waals surface area (Å²) < 4.78 is 2.04. The maximum Gasteiger partial charge on any atom is 0.229 e. The number of amides is 1. The summed E-state index contributed by atoms with van der Waals surface area (Å²) in [6, 6.07) is 11.1. The summed E-state index contributed by atoms with van der Waals surface area (Å²) in [5.74, 6) is 0.560. The Morgan fingerprint density at radius 1 is 1.28 bits per heavy atom. The van der Waals surface area contributed by atoms with E-state index in [0.717, 1.165) is 11.0 Å². The summed E-state index contributed by atoms with van der Waals surface area (Å²) in [7, 11) is 0. The molecule has 4 rings (SSSR count). The summed E-state index contributed by atoms with van der Waals surface area (Å²) >= 11 is 5.97. The Labute approximate surface area is 148 Å². The van der Waals surface area contributed by atoms with Gasteiger partial charge in [-0.05, 0) is 24.3 Å². The van der Waals surface area contributed by atoms with Crippen LogP contribution in [0.15, 0.2) is 48.4 Å². The summed E-state index contributed by atoms with van der Waals surface area (Å²) in [4.78, 5) is 20.9. The maximum atomic E-state index is 12.4. The number of para-hydroxylation sites is 2. The van der Waals surface area contributed by atoms with Crippen molar-refractivity contribution in [1.29, 1.82) is 0 Å². The number of imidazole rings is 1. The number of aliphatic hydroxyl groups excluding tert-OH is 1. The quantitative estimate of drug-likeness (QED) is 0.701. The molecule has 0 bridgehead atoms. The van der Waals surface area contributed by atoms with Gasteiger partial charge in [0.05, 0.1) is 23.1 Å². The van der Waals surface area contributed by atoms with E-state index in [2.05, 4.69) is 15.3 Å². The summed E-state index contributed by atoms with van der Waals surface area (Å²) in [6.07, 6.45) is 2.04. The number of hydrogen-bond donors (Lipinski definition) is 2. The number of nitrogens with one attached hydrogen (secondary N) is 1. The number of halogens is 1. The number of carbonyl (C=O) groups is 1. The van der Waals surface area contributed by atoms with Gasteiger partial charge in [-0.1, -0.05) is 23.7 Å². The van der Waals surface area contributed by atoms with Crippen molar-refractivity contribution in [2.24, 2.45) is 0 Å². The van der Waals surface area contributed by atoms with E-state index >= 15 is 0 Å². The number of carbonyl (C=O) groups excluding carboxylic acids is 1. The SMILES string of the molecule is O=C(CC1=C(O)CCn2c1nc1ccccc12)Nc1cccnc1Cl. The van der Waals surface area contributed by atoms with Crippen LogP contribution in [0.5, 0.6) is 0 Å². The lowest BCUT2D eigenvalue weighted by molar-refractivity contribution is -0.115. The molecular formula is C18H15ClN4O2. The molecule has 0 unspecified atom stereocenters. The van der Waals surface area contributed by atoms with Crippen LogP contribution in [0.2, 0.25) is 5.15 Å². The number of hydrogen-bond acceptors (Lipinski definition) is 4. The first-order chi connectivity index (χ1) is 12.1. The number of allylic oxidation sites excluding steroid dienone is 1. The van der Waals surface area contributed by atoms with E-state index < -0.39 is 0 Å². The van der Waals surface area contributed by atoms with E-state index in [1.165, 1.54) is 0 Å². The average molecular weight is 355 g/mol. The zero-order chi connectivity index (χ0) is 17.4. The molecule has 1 aliphatic rings. The fourth-order valence-corrected chi connectivity index (χ4v) is 3.21. The van der Waals surface area contributed by atoms with E-state index in [9.17, 15) is 9.90 Å².